The molecule has 1 heterocycles. The highest BCUT2D eigenvalue weighted by atomic mass is 79.9. The van der Waals surface area contributed by atoms with E-state index in [1.54, 1.807) is 50.2 Å². The number of rotatable bonds is 5. The van der Waals surface area contributed by atoms with Crippen LogP contribution >= 0.6 is 39.1 Å². The van der Waals surface area contributed by atoms with Gasteiger partial charge in [-0.15, -0.1) is 0 Å². The Morgan fingerprint density at radius 3 is 2.62 bits per heavy atom. The maximum atomic E-state index is 12.9. The molecule has 0 radical (unpaired) electrons. The number of benzene rings is 2. The van der Waals surface area contributed by atoms with Crippen molar-refractivity contribution in [2.24, 2.45) is 0 Å². The van der Waals surface area contributed by atoms with Crippen LogP contribution in [0.2, 0.25) is 10.0 Å². The molecule has 0 spiro atoms. The summed E-state index contributed by atoms with van der Waals surface area (Å²) in [5.41, 5.74) is 0.0572. The van der Waals surface area contributed by atoms with Crippen LogP contribution in [0.1, 0.15) is 31.0 Å². The smallest absolute Gasteiger partial charge is 0.325 e. The Hall–Kier alpha value is -2.09. The van der Waals surface area contributed by atoms with Gasteiger partial charge in [-0.05, 0) is 49.2 Å². The highest BCUT2D eigenvalue weighted by molar-refractivity contribution is 9.10. The van der Waals surface area contributed by atoms with Gasteiger partial charge in [-0.2, -0.15) is 0 Å². The third-order valence-corrected chi connectivity index (χ3v) is 5.84. The highest BCUT2D eigenvalue weighted by Crippen LogP contribution is 2.30. The van der Waals surface area contributed by atoms with Gasteiger partial charge in [0, 0.05) is 14.5 Å². The van der Waals surface area contributed by atoms with Crippen LogP contribution in [0.4, 0.5) is 4.79 Å². The topological polar surface area (TPSA) is 78.5 Å². The summed E-state index contributed by atoms with van der Waals surface area (Å²) in [7, 11) is 0. The zero-order chi connectivity index (χ0) is 21.3. The first-order chi connectivity index (χ1) is 13.6. The minimum atomic E-state index is -1.24. The number of hydrogen-bond acceptors (Lipinski definition) is 3. The van der Waals surface area contributed by atoms with E-state index in [2.05, 4.69) is 26.6 Å². The fourth-order valence-corrected chi connectivity index (χ4v) is 4.17. The summed E-state index contributed by atoms with van der Waals surface area (Å²) in [6, 6.07) is 11.0. The zero-order valence-corrected chi connectivity index (χ0v) is 18.7. The van der Waals surface area contributed by atoms with Crippen LogP contribution in [0.25, 0.3) is 0 Å². The van der Waals surface area contributed by atoms with E-state index in [-0.39, 0.29) is 0 Å². The largest absolute Gasteiger partial charge is 0.348 e. The minimum Gasteiger partial charge on any atom is -0.348 e. The number of carbonyl (C=O) groups excluding carboxylic acids is 3. The molecule has 2 N–H and O–H groups in total. The summed E-state index contributed by atoms with van der Waals surface area (Å²) in [4.78, 5) is 38.8. The van der Waals surface area contributed by atoms with Crippen molar-refractivity contribution in [2.75, 3.05) is 6.54 Å². The lowest BCUT2D eigenvalue weighted by atomic mass is 9.92. The summed E-state index contributed by atoms with van der Waals surface area (Å²) >= 11 is 15.4. The lowest BCUT2D eigenvalue weighted by Gasteiger charge is -2.22. The fraction of sp³-hybridized carbons (Fsp3) is 0.250. The maximum absolute atomic E-state index is 12.9. The van der Waals surface area contributed by atoms with Gasteiger partial charge in [-0.3, -0.25) is 14.5 Å². The molecule has 0 saturated carbocycles. The number of nitrogens with zero attached hydrogens (tertiary/aromatic N) is 1. The Labute approximate surface area is 186 Å². The average Bonchev–Trinajstić information content (AvgIpc) is 2.85. The molecule has 1 saturated heterocycles. The summed E-state index contributed by atoms with van der Waals surface area (Å²) < 4.78 is 0.781. The Balaban J connectivity index is 1.72. The lowest BCUT2D eigenvalue weighted by Crippen LogP contribution is -2.43. The van der Waals surface area contributed by atoms with Gasteiger partial charge in [-0.1, -0.05) is 57.3 Å². The van der Waals surface area contributed by atoms with Crippen molar-refractivity contribution in [1.82, 2.24) is 15.5 Å². The van der Waals surface area contributed by atoms with Crippen LogP contribution in [0.5, 0.6) is 0 Å². The van der Waals surface area contributed by atoms with Crippen molar-refractivity contribution >= 4 is 57.0 Å². The van der Waals surface area contributed by atoms with Crippen LogP contribution in [0.3, 0.4) is 0 Å². The first-order valence-electron chi connectivity index (χ1n) is 8.76. The van der Waals surface area contributed by atoms with E-state index >= 15 is 0 Å². The fourth-order valence-electron chi connectivity index (χ4n) is 3.20. The number of nitrogens with one attached hydrogen (secondary N) is 2. The van der Waals surface area contributed by atoms with Crippen LogP contribution in [0, 0.1) is 0 Å². The van der Waals surface area contributed by atoms with Crippen LogP contribution in [-0.4, -0.2) is 29.3 Å². The normalized spacial score (nSPS) is 19.8. The molecule has 4 amide bonds. The van der Waals surface area contributed by atoms with E-state index in [4.69, 9.17) is 23.2 Å². The van der Waals surface area contributed by atoms with Gasteiger partial charge in [0.05, 0.1) is 6.04 Å². The zero-order valence-electron chi connectivity index (χ0n) is 15.6. The molecular weight excluding hydrogens is 481 g/mol. The van der Waals surface area contributed by atoms with E-state index in [1.165, 1.54) is 0 Å². The molecule has 29 heavy (non-hydrogen) atoms. The number of halogens is 3. The molecule has 3 rings (SSSR count). The van der Waals surface area contributed by atoms with Gasteiger partial charge in [0.1, 0.15) is 12.1 Å². The Bertz CT molecular complexity index is 1000. The lowest BCUT2D eigenvalue weighted by molar-refractivity contribution is -0.135. The van der Waals surface area contributed by atoms with E-state index in [9.17, 15) is 14.4 Å². The number of hydrogen-bond donors (Lipinski definition) is 2. The molecule has 0 aliphatic carbocycles. The van der Waals surface area contributed by atoms with Gasteiger partial charge >= 0.3 is 6.03 Å². The summed E-state index contributed by atoms with van der Waals surface area (Å²) in [5, 5.41) is 6.34. The molecule has 0 bridgehead atoms. The average molecular weight is 499 g/mol. The quantitative estimate of drug-likeness (QED) is 0.599. The standard InChI is InChI=1S/C20H18BrCl2N3O3/c1-11(15-7-6-14(22)9-16(15)23)24-17(27)10-26-18(28)20(2,25-19(26)29)12-4-3-5-13(21)8-12/h3-9,11H,10H2,1-2H3,(H,24,27)(H,25,29). The van der Waals surface area contributed by atoms with E-state index in [1.807, 2.05) is 6.07 Å². The first kappa shape index (κ1) is 21.6. The van der Waals surface area contributed by atoms with Gasteiger partial charge in [0.2, 0.25) is 5.91 Å². The van der Waals surface area contributed by atoms with Crippen molar-refractivity contribution in [3.8, 4) is 0 Å². The molecule has 2 aromatic carbocycles. The summed E-state index contributed by atoms with van der Waals surface area (Å²) in [6.07, 6.45) is 0. The summed E-state index contributed by atoms with van der Waals surface area (Å²) in [5.74, 6) is -0.974. The Morgan fingerprint density at radius 2 is 1.97 bits per heavy atom. The second-order valence-corrected chi connectivity index (χ2v) is 8.67. The van der Waals surface area contributed by atoms with Gasteiger partial charge in [-0.25, -0.2) is 4.79 Å². The van der Waals surface area contributed by atoms with Gasteiger partial charge < -0.3 is 10.6 Å². The third kappa shape index (κ3) is 4.42. The van der Waals surface area contributed by atoms with Gasteiger partial charge in [0.15, 0.2) is 0 Å². The number of urea groups is 1. The molecule has 2 atom stereocenters. The highest BCUT2D eigenvalue weighted by Gasteiger charge is 2.49. The van der Waals surface area contributed by atoms with Crippen molar-refractivity contribution in [2.45, 2.75) is 25.4 Å². The molecule has 152 valence electrons. The van der Waals surface area contributed by atoms with Crippen molar-refractivity contribution in [3.63, 3.8) is 0 Å². The monoisotopic (exact) mass is 497 g/mol. The van der Waals surface area contributed by atoms with E-state index < -0.39 is 36.0 Å². The maximum Gasteiger partial charge on any atom is 0.325 e. The third-order valence-electron chi connectivity index (χ3n) is 4.79. The predicted molar refractivity (Wildman–Crippen MR) is 115 cm³/mol. The van der Waals surface area contributed by atoms with Gasteiger partial charge in [0.25, 0.3) is 5.91 Å². The molecule has 2 aromatic rings. The van der Waals surface area contributed by atoms with E-state index in [0.717, 1.165) is 9.37 Å². The first-order valence-corrected chi connectivity index (χ1v) is 10.3. The molecule has 6 nitrogen and oxygen atoms in total. The van der Waals surface area contributed by atoms with Crippen LogP contribution < -0.4 is 10.6 Å². The molecule has 2 unspecified atom stereocenters. The molecule has 9 heteroatoms. The number of carbonyl (C=O) groups is 3. The Morgan fingerprint density at radius 1 is 1.24 bits per heavy atom. The Kier molecular flexibility index (Phi) is 6.22. The minimum absolute atomic E-state index is 0.399. The molecule has 0 aromatic heterocycles. The van der Waals surface area contributed by atoms with Crippen LogP contribution in [-0.2, 0) is 15.1 Å². The van der Waals surface area contributed by atoms with Crippen LogP contribution in [0.15, 0.2) is 46.9 Å². The number of amides is 4. The van der Waals surface area contributed by atoms with Crippen molar-refractivity contribution in [3.05, 3.63) is 68.1 Å². The number of imide groups is 1. The molecule has 1 fully saturated rings. The second-order valence-electron chi connectivity index (χ2n) is 6.91. The predicted octanol–water partition coefficient (Wildman–Crippen LogP) is 4.40. The molecule has 1 aliphatic heterocycles. The SMILES string of the molecule is CC(NC(=O)CN1C(=O)NC(C)(c2cccc(Br)c2)C1=O)c1ccc(Cl)cc1Cl. The van der Waals surface area contributed by atoms with Crippen molar-refractivity contribution < 1.29 is 14.4 Å². The molecule has 1 aliphatic rings. The summed E-state index contributed by atoms with van der Waals surface area (Å²) in [6.45, 7) is 2.97. The second kappa shape index (κ2) is 8.34. The van der Waals surface area contributed by atoms with E-state index in [0.29, 0.717) is 21.2 Å². The molecular formula is C20H18BrCl2N3O3. The van der Waals surface area contributed by atoms with Crippen molar-refractivity contribution in [1.29, 1.82) is 0 Å².